The highest BCUT2D eigenvalue weighted by Gasteiger charge is 2.40. The van der Waals surface area contributed by atoms with Crippen molar-refractivity contribution < 1.29 is 31.0 Å². The minimum Gasteiger partial charge on any atom is -0.374 e. The molecule has 0 fully saturated rings. The standard InChI is InChI=1S/C9H23NO3Si.C4H12O4Si/c1-4-11-14(12-5-2,13-6-3)9-7-8-10;1-5-9(6-2,7-3)8-4/h4-10H2,1-3H3;1-4H3. The van der Waals surface area contributed by atoms with E-state index in [1.165, 1.54) is 28.4 Å². The van der Waals surface area contributed by atoms with Gasteiger partial charge in [0.05, 0.1) is 0 Å². The molecule has 142 valence electrons. The summed E-state index contributed by atoms with van der Waals surface area (Å²) in [7, 11) is 0.867. The predicted octanol–water partition coefficient (Wildman–Crippen LogP) is 1.39. The van der Waals surface area contributed by atoms with Crippen LogP contribution in [-0.4, -0.2) is 72.7 Å². The van der Waals surface area contributed by atoms with Crippen LogP contribution in [0.5, 0.6) is 0 Å². The molecule has 0 aromatic carbocycles. The van der Waals surface area contributed by atoms with Gasteiger partial charge in [0.2, 0.25) is 0 Å². The largest absolute Gasteiger partial charge is 0.678 e. The molecule has 0 unspecified atom stereocenters. The molecule has 0 saturated carbocycles. The first-order chi connectivity index (χ1) is 11.0. The number of rotatable bonds is 13. The van der Waals surface area contributed by atoms with Crippen LogP contribution in [0, 0.1) is 0 Å². The zero-order valence-electron chi connectivity index (χ0n) is 15.7. The fraction of sp³-hybridized carbons (Fsp3) is 1.00. The third-order valence-corrected chi connectivity index (χ3v) is 7.93. The van der Waals surface area contributed by atoms with Crippen molar-refractivity contribution in [1.82, 2.24) is 0 Å². The summed E-state index contributed by atoms with van der Waals surface area (Å²) in [5, 5.41) is 0. The Morgan fingerprint density at radius 1 is 0.696 bits per heavy atom. The van der Waals surface area contributed by atoms with Gasteiger partial charge in [-0.05, 0) is 33.7 Å². The lowest BCUT2D eigenvalue weighted by atomic mass is 10.5. The Morgan fingerprint density at radius 3 is 1.22 bits per heavy atom. The molecule has 0 aliphatic carbocycles. The van der Waals surface area contributed by atoms with Crippen molar-refractivity contribution in [3.63, 3.8) is 0 Å². The van der Waals surface area contributed by atoms with Gasteiger partial charge in [-0.1, -0.05) is 0 Å². The van der Waals surface area contributed by atoms with Crippen LogP contribution in [-0.2, 0) is 31.0 Å². The molecule has 0 aliphatic heterocycles. The van der Waals surface area contributed by atoms with Crippen molar-refractivity contribution in [3.05, 3.63) is 0 Å². The monoisotopic (exact) mass is 373 g/mol. The zero-order valence-corrected chi connectivity index (χ0v) is 17.7. The lowest BCUT2D eigenvalue weighted by molar-refractivity contribution is 0.0226. The van der Waals surface area contributed by atoms with Crippen molar-refractivity contribution in [2.75, 3.05) is 54.8 Å². The minimum atomic E-state index is -2.69. The van der Waals surface area contributed by atoms with Crippen LogP contribution in [0.3, 0.4) is 0 Å². The highest BCUT2D eigenvalue weighted by Crippen LogP contribution is 2.17. The van der Waals surface area contributed by atoms with Gasteiger partial charge in [0.1, 0.15) is 0 Å². The quantitative estimate of drug-likeness (QED) is 0.484. The van der Waals surface area contributed by atoms with E-state index in [1.54, 1.807) is 0 Å². The fourth-order valence-electron chi connectivity index (χ4n) is 1.82. The Balaban J connectivity index is 0. The van der Waals surface area contributed by atoms with Gasteiger partial charge in [0.15, 0.2) is 0 Å². The maximum atomic E-state index is 5.65. The van der Waals surface area contributed by atoms with Crippen molar-refractivity contribution in [3.8, 4) is 0 Å². The molecule has 0 radical (unpaired) electrons. The molecule has 0 saturated heterocycles. The van der Waals surface area contributed by atoms with Crippen molar-refractivity contribution >= 4 is 17.9 Å². The van der Waals surface area contributed by atoms with Gasteiger partial charge in [-0.3, -0.25) is 0 Å². The summed E-state index contributed by atoms with van der Waals surface area (Å²) < 4.78 is 36.4. The fourth-order valence-corrected chi connectivity index (χ4v) is 5.46. The summed E-state index contributed by atoms with van der Waals surface area (Å²) in [4.78, 5) is 0. The summed E-state index contributed by atoms with van der Waals surface area (Å²) in [6.07, 6.45) is 0.895. The molecule has 0 spiro atoms. The molecule has 0 aromatic rings. The van der Waals surface area contributed by atoms with Gasteiger partial charge >= 0.3 is 17.9 Å². The summed E-state index contributed by atoms with van der Waals surface area (Å²) in [5.74, 6) is 0. The van der Waals surface area contributed by atoms with E-state index in [-0.39, 0.29) is 0 Å². The van der Waals surface area contributed by atoms with E-state index in [0.29, 0.717) is 26.4 Å². The molecule has 23 heavy (non-hydrogen) atoms. The lowest BCUT2D eigenvalue weighted by Gasteiger charge is -2.28. The highest BCUT2D eigenvalue weighted by molar-refractivity contribution is 6.60. The van der Waals surface area contributed by atoms with Crippen LogP contribution in [0.25, 0.3) is 0 Å². The Morgan fingerprint density at radius 2 is 1.04 bits per heavy atom. The average molecular weight is 374 g/mol. The summed E-state index contributed by atoms with van der Waals surface area (Å²) in [6, 6.07) is 0.818. The first-order valence-electron chi connectivity index (χ1n) is 7.81. The van der Waals surface area contributed by atoms with Crippen molar-refractivity contribution in [2.45, 2.75) is 33.2 Å². The van der Waals surface area contributed by atoms with Crippen LogP contribution >= 0.6 is 0 Å². The zero-order chi connectivity index (χ0) is 18.2. The van der Waals surface area contributed by atoms with Gasteiger partial charge in [-0.2, -0.15) is 0 Å². The Bertz CT molecular complexity index is 224. The van der Waals surface area contributed by atoms with Gasteiger partial charge in [-0.25, -0.2) is 0 Å². The molecule has 10 heteroatoms. The molecule has 0 rings (SSSR count). The first kappa shape index (κ1) is 25.4. The average Bonchev–Trinajstić information content (AvgIpc) is 2.57. The van der Waals surface area contributed by atoms with E-state index < -0.39 is 17.9 Å². The second-order valence-corrected chi connectivity index (χ2v) is 9.56. The van der Waals surface area contributed by atoms with Crippen LogP contribution in [0.4, 0.5) is 0 Å². The van der Waals surface area contributed by atoms with E-state index in [2.05, 4.69) is 0 Å². The topological polar surface area (TPSA) is 90.6 Å². The van der Waals surface area contributed by atoms with Crippen LogP contribution in [0.2, 0.25) is 6.04 Å². The molecule has 0 aromatic heterocycles. The number of hydrogen-bond donors (Lipinski definition) is 1. The van der Waals surface area contributed by atoms with Gasteiger partial charge in [0.25, 0.3) is 0 Å². The second-order valence-electron chi connectivity index (χ2n) is 4.19. The smallest absolute Gasteiger partial charge is 0.374 e. The maximum Gasteiger partial charge on any atom is 0.678 e. The van der Waals surface area contributed by atoms with E-state index in [9.17, 15) is 0 Å². The van der Waals surface area contributed by atoms with Crippen molar-refractivity contribution in [2.24, 2.45) is 5.73 Å². The Labute approximate surface area is 143 Å². The Hall–Kier alpha value is 0.114. The molecule has 8 nitrogen and oxygen atoms in total. The molecule has 0 aliphatic rings. The first-order valence-corrected chi connectivity index (χ1v) is 11.4. The normalized spacial score (nSPS) is 12.0. The summed E-state index contributed by atoms with van der Waals surface area (Å²) >= 11 is 0. The molecule has 0 atom stereocenters. The van der Waals surface area contributed by atoms with Gasteiger partial charge in [0, 0.05) is 54.3 Å². The predicted molar refractivity (Wildman–Crippen MR) is 92.9 cm³/mol. The van der Waals surface area contributed by atoms with Crippen molar-refractivity contribution in [1.29, 1.82) is 0 Å². The third-order valence-electron chi connectivity index (χ3n) is 2.78. The van der Waals surface area contributed by atoms with E-state index in [0.717, 1.165) is 12.5 Å². The lowest BCUT2D eigenvalue weighted by Crippen LogP contribution is -2.46. The number of hydrogen-bond acceptors (Lipinski definition) is 8. The van der Waals surface area contributed by atoms with E-state index in [1.807, 2.05) is 20.8 Å². The molecule has 0 bridgehead atoms. The van der Waals surface area contributed by atoms with Crippen LogP contribution < -0.4 is 5.73 Å². The number of nitrogens with two attached hydrogens (primary N) is 1. The maximum absolute atomic E-state index is 5.65. The van der Waals surface area contributed by atoms with E-state index >= 15 is 0 Å². The van der Waals surface area contributed by atoms with Crippen LogP contribution in [0.1, 0.15) is 27.2 Å². The van der Waals surface area contributed by atoms with Gasteiger partial charge in [-0.15, -0.1) is 0 Å². The van der Waals surface area contributed by atoms with Gasteiger partial charge < -0.3 is 36.7 Å². The summed E-state index contributed by atoms with van der Waals surface area (Å²) in [6.45, 7) is 8.44. The molecule has 0 heterocycles. The van der Waals surface area contributed by atoms with Crippen LogP contribution in [0.15, 0.2) is 0 Å². The third kappa shape index (κ3) is 10.6. The molecular formula is C13H35NO7Si2. The minimum absolute atomic E-state index is 0.636. The molecular weight excluding hydrogens is 338 g/mol. The SMILES string of the molecule is CCO[Si](CCCN)(OCC)OCC.CO[Si](OC)(OC)OC. The summed E-state index contributed by atoms with van der Waals surface area (Å²) in [5.41, 5.74) is 5.48. The molecule has 2 N–H and O–H groups in total. The van der Waals surface area contributed by atoms with E-state index in [4.69, 9.17) is 36.7 Å². The second kappa shape index (κ2) is 15.6. The highest BCUT2D eigenvalue weighted by atomic mass is 28.4. The molecule has 0 amide bonds. The Kier molecular flexibility index (Phi) is 17.2.